The Kier molecular flexibility index (Phi) is 7.82. The van der Waals surface area contributed by atoms with Crippen LogP contribution in [0.3, 0.4) is 0 Å². The van der Waals surface area contributed by atoms with Crippen LogP contribution in [0.15, 0.2) is 185 Å². The lowest BCUT2D eigenvalue weighted by Gasteiger charge is -2.35. The number of hydrogen-bond donors (Lipinski definition) is 0. The van der Waals surface area contributed by atoms with E-state index in [1.54, 1.807) is 0 Å². The van der Waals surface area contributed by atoms with Gasteiger partial charge in [0.05, 0.1) is 17.4 Å². The van der Waals surface area contributed by atoms with Gasteiger partial charge in [-0.2, -0.15) is 0 Å². The summed E-state index contributed by atoms with van der Waals surface area (Å²) in [4.78, 5) is 4.79. The van der Waals surface area contributed by atoms with E-state index in [2.05, 4.69) is 190 Å². The third-order valence-corrected chi connectivity index (χ3v) is 10.7. The molecule has 0 aliphatic heterocycles. The van der Waals surface area contributed by atoms with Crippen molar-refractivity contribution in [2.24, 2.45) is 0 Å². The van der Waals surface area contributed by atoms with Crippen LogP contribution in [0.4, 0.5) is 22.7 Å². The fourth-order valence-corrected chi connectivity index (χ4v) is 8.35. The van der Waals surface area contributed by atoms with Crippen molar-refractivity contribution in [3.05, 3.63) is 192 Å². The number of rotatable bonds is 6. The molecule has 6 aromatic carbocycles. The lowest BCUT2D eigenvalue weighted by atomic mass is 9.93. The number of nitrogens with zero attached hydrogens (tertiary/aromatic N) is 2. The highest BCUT2D eigenvalue weighted by Gasteiger charge is 2.28. The molecule has 0 saturated carbocycles. The van der Waals surface area contributed by atoms with Gasteiger partial charge in [-0.1, -0.05) is 121 Å². The number of aryl methyl sites for hydroxylation is 2. The monoisotopic (exact) mass is 686 g/mol. The van der Waals surface area contributed by atoms with Gasteiger partial charge in [0.1, 0.15) is 11.2 Å². The van der Waals surface area contributed by atoms with Crippen molar-refractivity contribution in [1.29, 1.82) is 0 Å². The Hall–Kier alpha value is -6.32. The van der Waals surface area contributed by atoms with Crippen LogP contribution in [0.5, 0.6) is 0 Å². The van der Waals surface area contributed by atoms with Crippen molar-refractivity contribution in [1.82, 2.24) is 0 Å². The molecule has 9 rings (SSSR count). The number of benzene rings is 6. The van der Waals surface area contributed by atoms with E-state index >= 15 is 0 Å². The summed E-state index contributed by atoms with van der Waals surface area (Å²) in [6.45, 7) is 17.7. The van der Waals surface area contributed by atoms with Crippen LogP contribution < -0.4 is 9.80 Å². The van der Waals surface area contributed by atoms with Crippen molar-refractivity contribution in [3.63, 3.8) is 0 Å². The fourth-order valence-electron chi connectivity index (χ4n) is 8.35. The van der Waals surface area contributed by atoms with Gasteiger partial charge in [-0.25, -0.2) is 0 Å². The highest BCUT2D eigenvalue weighted by atomic mass is 16.3. The Morgan fingerprint density at radius 2 is 1.21 bits per heavy atom. The van der Waals surface area contributed by atoms with E-state index in [1.165, 1.54) is 22.3 Å². The first kappa shape index (κ1) is 32.6. The lowest BCUT2D eigenvalue weighted by molar-refractivity contribution is 0.669. The van der Waals surface area contributed by atoms with Crippen LogP contribution in [0, 0.1) is 13.8 Å². The second kappa shape index (κ2) is 12.7. The van der Waals surface area contributed by atoms with Gasteiger partial charge in [0, 0.05) is 50.7 Å². The first-order valence-corrected chi connectivity index (χ1v) is 18.4. The summed E-state index contributed by atoms with van der Waals surface area (Å²) < 4.78 is 7.07. The topological polar surface area (TPSA) is 19.6 Å². The highest BCUT2D eigenvalue weighted by Crippen LogP contribution is 2.48. The number of allylic oxidation sites excluding steroid dienone is 6. The molecule has 0 radical (unpaired) electrons. The zero-order valence-electron chi connectivity index (χ0n) is 30.8. The smallest absolute Gasteiger partial charge is 0.138 e. The van der Waals surface area contributed by atoms with Gasteiger partial charge < -0.3 is 14.2 Å². The molecule has 0 spiro atoms. The third-order valence-electron chi connectivity index (χ3n) is 10.7. The Balaban J connectivity index is 1.35. The number of anilines is 4. The van der Waals surface area contributed by atoms with Gasteiger partial charge >= 0.3 is 0 Å². The molecule has 258 valence electrons. The van der Waals surface area contributed by atoms with Crippen LogP contribution in [-0.4, -0.2) is 6.04 Å². The molecule has 7 aromatic rings. The Labute approximate surface area is 311 Å². The molecule has 0 N–H and O–H groups in total. The molecule has 0 bridgehead atoms. The zero-order chi connectivity index (χ0) is 36.4. The van der Waals surface area contributed by atoms with Gasteiger partial charge in [0.25, 0.3) is 0 Å². The van der Waals surface area contributed by atoms with E-state index in [4.69, 9.17) is 4.42 Å². The van der Waals surface area contributed by atoms with Crippen LogP contribution in [-0.2, 0) is 0 Å². The summed E-state index contributed by atoms with van der Waals surface area (Å²) in [5.74, 6) is 0. The second-order valence-electron chi connectivity index (χ2n) is 14.7. The van der Waals surface area contributed by atoms with Crippen LogP contribution in [0.1, 0.15) is 31.4 Å². The maximum Gasteiger partial charge on any atom is 0.138 e. The Bertz CT molecular complexity index is 2800. The maximum absolute atomic E-state index is 7.07. The normalized spacial score (nSPS) is 16.0. The SMILES string of the molecule is C=C1CC(C)=CC=C1N(c1cccc(C)c1)c1cc2oc3cc(N(c4cccc(C)c4)C4C=CC(C)=CC4=C)c4ccccc4c3c2c2ccccc12. The largest absolute Gasteiger partial charge is 0.456 e. The lowest BCUT2D eigenvalue weighted by Crippen LogP contribution is -2.31. The summed E-state index contributed by atoms with van der Waals surface area (Å²) in [6.07, 6.45) is 11.9. The minimum atomic E-state index is -0.0596. The Morgan fingerprint density at radius 3 is 1.83 bits per heavy atom. The molecule has 3 heteroatoms. The molecule has 0 fully saturated rings. The average molecular weight is 687 g/mol. The second-order valence-corrected chi connectivity index (χ2v) is 14.7. The zero-order valence-corrected chi connectivity index (χ0v) is 30.8. The molecule has 1 aromatic heterocycles. The third kappa shape index (κ3) is 5.52. The maximum atomic E-state index is 7.07. The quantitative estimate of drug-likeness (QED) is 0.174. The summed E-state index contributed by atoms with van der Waals surface area (Å²) in [5, 5.41) is 6.89. The minimum Gasteiger partial charge on any atom is -0.456 e. The summed E-state index contributed by atoms with van der Waals surface area (Å²) in [6, 6.07) is 39.4. The van der Waals surface area contributed by atoms with E-state index in [1.807, 2.05) is 0 Å². The fraction of sp³-hybridized carbons (Fsp3) is 0.120. The van der Waals surface area contributed by atoms with E-state index in [-0.39, 0.29) is 6.04 Å². The number of furan rings is 1. The van der Waals surface area contributed by atoms with Crippen molar-refractivity contribution in [2.45, 2.75) is 40.2 Å². The van der Waals surface area contributed by atoms with E-state index < -0.39 is 0 Å². The molecule has 1 unspecified atom stereocenters. The molecule has 1 heterocycles. The van der Waals surface area contributed by atoms with Gasteiger partial charge in [-0.05, 0) is 97.5 Å². The predicted octanol–water partition coefficient (Wildman–Crippen LogP) is 14.0. The molecule has 2 aliphatic rings. The van der Waals surface area contributed by atoms with Crippen molar-refractivity contribution >= 4 is 66.2 Å². The van der Waals surface area contributed by atoms with Gasteiger partial charge in [0.2, 0.25) is 0 Å². The minimum absolute atomic E-state index is 0.0596. The van der Waals surface area contributed by atoms with Gasteiger partial charge in [-0.15, -0.1) is 0 Å². The van der Waals surface area contributed by atoms with E-state index in [0.717, 1.165) is 89.5 Å². The number of hydrogen-bond acceptors (Lipinski definition) is 3. The summed E-state index contributed by atoms with van der Waals surface area (Å²) >= 11 is 0. The molecule has 0 amide bonds. The van der Waals surface area contributed by atoms with Crippen LogP contribution in [0.25, 0.3) is 43.5 Å². The predicted molar refractivity (Wildman–Crippen MR) is 227 cm³/mol. The highest BCUT2D eigenvalue weighted by molar-refractivity contribution is 6.30. The van der Waals surface area contributed by atoms with Crippen molar-refractivity contribution in [3.8, 4) is 0 Å². The van der Waals surface area contributed by atoms with Crippen molar-refractivity contribution < 1.29 is 4.42 Å². The van der Waals surface area contributed by atoms with Crippen LogP contribution >= 0.6 is 0 Å². The molecule has 1 atom stereocenters. The molecule has 2 aliphatic carbocycles. The molecular formula is C50H42N2O. The standard InChI is InChI=1S/C50H42N2O/c1-31-13-11-15-37(27-31)51(43-23-21-33(3)25-35(43)5)45-29-47-49(41-19-9-7-17-39(41)45)50-42-20-10-8-18-40(42)46(30-48(50)53-47)52(38-16-12-14-32(2)28-38)44-24-22-34(4)26-36(44)6/h7-25,27-30,43H,5-6,26H2,1-4H3. The molecular weight excluding hydrogens is 645 g/mol. The first-order chi connectivity index (χ1) is 25.7. The van der Waals surface area contributed by atoms with Gasteiger partial charge in [-0.3, -0.25) is 0 Å². The first-order valence-electron chi connectivity index (χ1n) is 18.4. The number of fused-ring (bicyclic) bond motifs is 7. The van der Waals surface area contributed by atoms with E-state index in [0.29, 0.717) is 0 Å². The molecule has 3 nitrogen and oxygen atoms in total. The Morgan fingerprint density at radius 1 is 0.623 bits per heavy atom. The van der Waals surface area contributed by atoms with Gasteiger partial charge in [0.15, 0.2) is 0 Å². The molecule has 53 heavy (non-hydrogen) atoms. The molecule has 0 saturated heterocycles. The summed E-state index contributed by atoms with van der Waals surface area (Å²) in [7, 11) is 0. The van der Waals surface area contributed by atoms with Crippen molar-refractivity contribution in [2.75, 3.05) is 9.80 Å². The van der Waals surface area contributed by atoms with Crippen LogP contribution in [0.2, 0.25) is 0 Å². The van der Waals surface area contributed by atoms with E-state index in [9.17, 15) is 0 Å². The summed E-state index contributed by atoms with van der Waals surface area (Å²) in [5.41, 5.74) is 14.2. The average Bonchev–Trinajstić information content (AvgIpc) is 3.52.